The molecule has 3 rings (SSSR count). The van der Waals surface area contributed by atoms with Crippen molar-refractivity contribution in [2.45, 2.75) is 6.18 Å². The first-order chi connectivity index (χ1) is 11.4. The molecule has 1 aliphatic rings. The van der Waals surface area contributed by atoms with Gasteiger partial charge in [-0.25, -0.2) is 4.39 Å². The van der Waals surface area contributed by atoms with Crippen LogP contribution in [-0.2, 0) is 6.18 Å². The number of aromatic nitrogens is 2. The Balaban J connectivity index is 1.94. The van der Waals surface area contributed by atoms with Crippen LogP contribution in [0.25, 0.3) is 0 Å². The van der Waals surface area contributed by atoms with Crippen molar-refractivity contribution in [1.82, 2.24) is 15.5 Å². The molecule has 2 aromatic rings. The van der Waals surface area contributed by atoms with Crippen molar-refractivity contribution in [3.05, 3.63) is 41.8 Å². The highest BCUT2D eigenvalue weighted by molar-refractivity contribution is 5.47. The normalized spacial score (nSPS) is 15.4. The van der Waals surface area contributed by atoms with Crippen molar-refractivity contribution < 1.29 is 22.3 Å². The first kappa shape index (κ1) is 16.4. The summed E-state index contributed by atoms with van der Waals surface area (Å²) in [6, 6.07) is 5.92. The van der Waals surface area contributed by atoms with Gasteiger partial charge >= 0.3 is 6.18 Å². The van der Waals surface area contributed by atoms with Crippen molar-refractivity contribution in [3.8, 4) is 11.5 Å². The molecule has 1 aliphatic heterocycles. The number of rotatable bonds is 3. The number of ether oxygens (including phenoxy) is 1. The smallest absolute Gasteiger partial charge is 0.438 e. The van der Waals surface area contributed by atoms with Crippen LogP contribution in [0, 0.1) is 5.82 Å². The third-order valence-corrected chi connectivity index (χ3v) is 3.50. The number of hydrogen-bond acceptors (Lipinski definition) is 5. The molecular weight excluding hydrogens is 328 g/mol. The molecule has 1 fully saturated rings. The second-order valence-electron chi connectivity index (χ2n) is 5.21. The lowest BCUT2D eigenvalue weighted by Crippen LogP contribution is -2.44. The summed E-state index contributed by atoms with van der Waals surface area (Å²) in [5, 5.41) is 10.1. The van der Waals surface area contributed by atoms with Crippen LogP contribution in [0.4, 0.5) is 23.4 Å². The molecule has 0 amide bonds. The van der Waals surface area contributed by atoms with Gasteiger partial charge in [-0.15, -0.1) is 10.2 Å². The predicted molar refractivity (Wildman–Crippen MR) is 78.6 cm³/mol. The van der Waals surface area contributed by atoms with Gasteiger partial charge in [0, 0.05) is 32.2 Å². The van der Waals surface area contributed by atoms with E-state index in [0.717, 1.165) is 12.1 Å². The molecule has 24 heavy (non-hydrogen) atoms. The third kappa shape index (κ3) is 3.73. The van der Waals surface area contributed by atoms with Crippen molar-refractivity contribution >= 4 is 5.82 Å². The summed E-state index contributed by atoms with van der Waals surface area (Å²) < 4.78 is 57.6. The van der Waals surface area contributed by atoms with Crippen LogP contribution >= 0.6 is 0 Å². The largest absolute Gasteiger partial charge is 0.455 e. The highest BCUT2D eigenvalue weighted by Gasteiger charge is 2.38. The molecule has 0 spiro atoms. The monoisotopic (exact) mass is 342 g/mol. The maximum absolute atomic E-state index is 13.1. The summed E-state index contributed by atoms with van der Waals surface area (Å²) in [5.41, 5.74) is -1.22. The number of nitrogens with one attached hydrogen (secondary N) is 1. The van der Waals surface area contributed by atoms with Crippen LogP contribution < -0.4 is 15.0 Å². The number of halogens is 4. The Morgan fingerprint density at radius 1 is 1.04 bits per heavy atom. The molecule has 0 radical (unpaired) electrons. The maximum Gasteiger partial charge on any atom is 0.438 e. The van der Waals surface area contributed by atoms with Gasteiger partial charge in [0.25, 0.3) is 0 Å². The van der Waals surface area contributed by atoms with Crippen molar-refractivity contribution in [2.24, 2.45) is 0 Å². The van der Waals surface area contributed by atoms with E-state index < -0.39 is 23.4 Å². The molecule has 1 aromatic heterocycles. The second kappa shape index (κ2) is 6.60. The summed E-state index contributed by atoms with van der Waals surface area (Å²) in [4.78, 5) is 1.82. The Morgan fingerprint density at radius 3 is 2.33 bits per heavy atom. The van der Waals surface area contributed by atoms with Gasteiger partial charge in [0.1, 0.15) is 11.6 Å². The Labute approximate surface area is 135 Å². The molecule has 0 saturated carbocycles. The maximum atomic E-state index is 13.1. The van der Waals surface area contributed by atoms with Crippen LogP contribution in [0.2, 0.25) is 0 Å². The van der Waals surface area contributed by atoms with E-state index in [4.69, 9.17) is 4.74 Å². The van der Waals surface area contributed by atoms with Gasteiger partial charge in [0.05, 0.1) is 0 Å². The van der Waals surface area contributed by atoms with E-state index in [0.29, 0.717) is 32.0 Å². The number of benzene rings is 1. The van der Waals surface area contributed by atoms with E-state index in [1.807, 2.05) is 4.90 Å². The lowest BCUT2D eigenvalue weighted by Gasteiger charge is -2.28. The zero-order valence-electron chi connectivity index (χ0n) is 12.5. The van der Waals surface area contributed by atoms with Gasteiger partial charge < -0.3 is 15.0 Å². The highest BCUT2D eigenvalue weighted by atomic mass is 19.4. The Morgan fingerprint density at radius 2 is 1.71 bits per heavy atom. The van der Waals surface area contributed by atoms with Gasteiger partial charge in [-0.2, -0.15) is 13.2 Å². The zero-order chi connectivity index (χ0) is 17.2. The fourth-order valence-electron chi connectivity index (χ4n) is 2.32. The minimum atomic E-state index is -4.70. The summed E-state index contributed by atoms with van der Waals surface area (Å²) in [5.74, 6) is -0.576. The quantitative estimate of drug-likeness (QED) is 0.870. The van der Waals surface area contributed by atoms with E-state index in [1.54, 1.807) is 0 Å². The first-order valence-electron chi connectivity index (χ1n) is 7.27. The van der Waals surface area contributed by atoms with Crippen LogP contribution in [0.5, 0.6) is 11.5 Å². The summed E-state index contributed by atoms with van der Waals surface area (Å²) in [6.07, 6.45) is -4.70. The SMILES string of the molecule is Fc1ccc(Oc2cc(N3CCNCC3)nnc2C(F)(F)F)cc1. The molecule has 0 bridgehead atoms. The second-order valence-corrected chi connectivity index (χ2v) is 5.21. The topological polar surface area (TPSA) is 50.3 Å². The summed E-state index contributed by atoms with van der Waals surface area (Å²) >= 11 is 0. The lowest BCUT2D eigenvalue weighted by molar-refractivity contribution is -0.142. The van der Waals surface area contributed by atoms with Crippen LogP contribution in [0.1, 0.15) is 5.69 Å². The fourth-order valence-corrected chi connectivity index (χ4v) is 2.32. The van der Waals surface area contributed by atoms with E-state index in [-0.39, 0.29) is 5.75 Å². The van der Waals surface area contributed by atoms with Gasteiger partial charge in [-0.05, 0) is 24.3 Å². The van der Waals surface area contributed by atoms with Crippen molar-refractivity contribution in [1.29, 1.82) is 0 Å². The first-order valence-corrected chi connectivity index (χ1v) is 7.27. The molecule has 0 atom stereocenters. The van der Waals surface area contributed by atoms with Crippen LogP contribution in [0.3, 0.4) is 0 Å². The fraction of sp³-hybridized carbons (Fsp3) is 0.333. The molecule has 9 heteroatoms. The Hall–Kier alpha value is -2.42. The average Bonchev–Trinajstić information content (AvgIpc) is 2.57. The molecule has 2 heterocycles. The summed E-state index contributed by atoms with van der Waals surface area (Å²) in [6.45, 7) is 2.62. The third-order valence-electron chi connectivity index (χ3n) is 3.50. The predicted octanol–water partition coefficient (Wildman–Crippen LogP) is 2.84. The molecule has 1 aromatic carbocycles. The number of anilines is 1. The molecule has 1 saturated heterocycles. The minimum Gasteiger partial charge on any atom is -0.455 e. The number of hydrogen-bond donors (Lipinski definition) is 1. The number of nitrogens with zero attached hydrogens (tertiary/aromatic N) is 3. The van der Waals surface area contributed by atoms with E-state index in [1.165, 1.54) is 18.2 Å². The molecular formula is C15H14F4N4O. The van der Waals surface area contributed by atoms with Gasteiger partial charge in [0.2, 0.25) is 5.69 Å². The van der Waals surface area contributed by atoms with Crippen LogP contribution in [0.15, 0.2) is 30.3 Å². The van der Waals surface area contributed by atoms with E-state index in [2.05, 4.69) is 15.5 Å². The number of piperazine rings is 1. The molecule has 5 nitrogen and oxygen atoms in total. The zero-order valence-corrected chi connectivity index (χ0v) is 12.5. The molecule has 128 valence electrons. The highest BCUT2D eigenvalue weighted by Crippen LogP contribution is 2.37. The molecule has 0 unspecified atom stereocenters. The molecule has 0 aliphatic carbocycles. The summed E-state index contributed by atoms with van der Waals surface area (Å²) in [7, 11) is 0. The Bertz CT molecular complexity index is 700. The lowest BCUT2D eigenvalue weighted by atomic mass is 10.3. The number of alkyl halides is 3. The van der Waals surface area contributed by atoms with Gasteiger partial charge in [0.15, 0.2) is 11.6 Å². The van der Waals surface area contributed by atoms with E-state index in [9.17, 15) is 17.6 Å². The van der Waals surface area contributed by atoms with Crippen molar-refractivity contribution in [3.63, 3.8) is 0 Å². The Kier molecular flexibility index (Phi) is 4.52. The van der Waals surface area contributed by atoms with Gasteiger partial charge in [-0.3, -0.25) is 0 Å². The van der Waals surface area contributed by atoms with Crippen LogP contribution in [-0.4, -0.2) is 36.4 Å². The average molecular weight is 342 g/mol. The van der Waals surface area contributed by atoms with Crippen molar-refractivity contribution in [2.75, 3.05) is 31.1 Å². The standard InChI is InChI=1S/C15H14F4N4O/c16-10-1-3-11(4-2-10)24-12-9-13(23-7-5-20-6-8-23)21-22-14(12)15(17,18)19/h1-4,9,20H,5-8H2. The minimum absolute atomic E-state index is 0.0844. The van der Waals surface area contributed by atoms with E-state index >= 15 is 0 Å². The molecule has 1 N–H and O–H groups in total. The van der Waals surface area contributed by atoms with Gasteiger partial charge in [-0.1, -0.05) is 0 Å².